The SMILES string of the molecule is Cc1ccc(S(=O)(=O)N(Cc2cccc([N+](=O)[O-])c2)c2cccc(Cl)c2)cc1. The van der Waals surface area contributed by atoms with Gasteiger partial charge in [0.1, 0.15) is 0 Å². The summed E-state index contributed by atoms with van der Waals surface area (Å²) in [5.74, 6) is 0. The minimum absolute atomic E-state index is 0.0712. The summed E-state index contributed by atoms with van der Waals surface area (Å²) in [4.78, 5) is 10.7. The van der Waals surface area contributed by atoms with E-state index in [2.05, 4.69) is 0 Å². The average Bonchev–Trinajstić information content (AvgIpc) is 2.66. The van der Waals surface area contributed by atoms with E-state index in [0.29, 0.717) is 16.3 Å². The molecular formula is C20H17ClN2O4S. The Balaban J connectivity index is 2.09. The first-order valence-corrected chi connectivity index (χ1v) is 10.2. The molecule has 8 heteroatoms. The molecule has 0 aliphatic heterocycles. The van der Waals surface area contributed by atoms with Gasteiger partial charge in [-0.1, -0.05) is 47.5 Å². The van der Waals surface area contributed by atoms with Gasteiger partial charge in [-0.15, -0.1) is 0 Å². The van der Waals surface area contributed by atoms with Crippen LogP contribution in [-0.4, -0.2) is 13.3 Å². The molecule has 28 heavy (non-hydrogen) atoms. The second-order valence-electron chi connectivity index (χ2n) is 6.23. The summed E-state index contributed by atoms with van der Waals surface area (Å²) in [6.45, 7) is 1.80. The number of nitrogens with zero attached hydrogens (tertiary/aromatic N) is 2. The number of nitro benzene ring substituents is 1. The molecule has 6 nitrogen and oxygen atoms in total. The van der Waals surface area contributed by atoms with E-state index in [-0.39, 0.29) is 17.1 Å². The number of rotatable bonds is 6. The maximum atomic E-state index is 13.3. The first-order valence-electron chi connectivity index (χ1n) is 8.36. The Bertz CT molecular complexity index is 1120. The van der Waals surface area contributed by atoms with Gasteiger partial charge < -0.3 is 0 Å². The van der Waals surface area contributed by atoms with E-state index in [0.717, 1.165) is 5.56 Å². The van der Waals surface area contributed by atoms with Gasteiger partial charge in [0, 0.05) is 17.2 Å². The van der Waals surface area contributed by atoms with E-state index >= 15 is 0 Å². The summed E-state index contributed by atoms with van der Waals surface area (Å²) in [6, 6.07) is 18.9. The fourth-order valence-corrected chi connectivity index (χ4v) is 4.35. The maximum Gasteiger partial charge on any atom is 0.269 e. The Morgan fingerprint density at radius 2 is 1.68 bits per heavy atom. The van der Waals surface area contributed by atoms with E-state index in [1.165, 1.54) is 34.6 Å². The number of non-ortho nitro benzene ring substituents is 1. The molecule has 0 heterocycles. The molecule has 0 N–H and O–H groups in total. The third-order valence-corrected chi connectivity index (χ3v) is 6.18. The van der Waals surface area contributed by atoms with Crippen molar-refractivity contribution in [2.45, 2.75) is 18.4 Å². The molecule has 0 saturated heterocycles. The lowest BCUT2D eigenvalue weighted by Gasteiger charge is -2.25. The normalized spacial score (nSPS) is 11.2. The van der Waals surface area contributed by atoms with Crippen molar-refractivity contribution in [3.05, 3.63) is 99.1 Å². The first-order chi connectivity index (χ1) is 13.3. The van der Waals surface area contributed by atoms with Crippen LogP contribution in [0.4, 0.5) is 11.4 Å². The van der Waals surface area contributed by atoms with Crippen molar-refractivity contribution in [2.24, 2.45) is 0 Å². The summed E-state index contributed by atoms with van der Waals surface area (Å²) in [7, 11) is -3.91. The van der Waals surface area contributed by atoms with E-state index in [9.17, 15) is 18.5 Å². The van der Waals surface area contributed by atoms with Crippen LogP contribution in [0.3, 0.4) is 0 Å². The van der Waals surface area contributed by atoms with E-state index in [1.54, 1.807) is 42.5 Å². The quantitative estimate of drug-likeness (QED) is 0.420. The minimum Gasteiger partial charge on any atom is -0.262 e. The number of halogens is 1. The van der Waals surface area contributed by atoms with Crippen LogP contribution in [0.1, 0.15) is 11.1 Å². The molecule has 0 aliphatic carbocycles. The first kappa shape index (κ1) is 19.9. The predicted molar refractivity (Wildman–Crippen MR) is 109 cm³/mol. The third-order valence-electron chi connectivity index (χ3n) is 4.15. The Morgan fingerprint density at radius 3 is 2.32 bits per heavy atom. The van der Waals surface area contributed by atoms with Crippen molar-refractivity contribution < 1.29 is 13.3 Å². The molecule has 0 bridgehead atoms. The van der Waals surface area contributed by atoms with Crippen LogP contribution in [0.2, 0.25) is 5.02 Å². The standard InChI is InChI=1S/C20H17ClN2O4S/c1-15-8-10-20(11-9-15)28(26,27)22(18-6-3-5-17(21)13-18)14-16-4-2-7-19(12-16)23(24)25/h2-13H,14H2,1H3. The molecule has 0 atom stereocenters. The zero-order valence-corrected chi connectivity index (χ0v) is 16.5. The minimum atomic E-state index is -3.91. The van der Waals surface area contributed by atoms with Crippen LogP contribution in [0.15, 0.2) is 77.7 Å². The smallest absolute Gasteiger partial charge is 0.262 e. The van der Waals surface area contributed by atoms with Crippen LogP contribution in [0.5, 0.6) is 0 Å². The second-order valence-corrected chi connectivity index (χ2v) is 8.53. The number of nitro groups is 1. The Labute approximate surface area is 168 Å². The van der Waals surface area contributed by atoms with Gasteiger partial charge in [-0.05, 0) is 42.8 Å². The Kier molecular flexibility index (Phi) is 5.67. The molecule has 0 saturated carbocycles. The fraction of sp³-hybridized carbons (Fsp3) is 0.100. The van der Waals surface area contributed by atoms with Crippen molar-refractivity contribution >= 4 is 33.0 Å². The topological polar surface area (TPSA) is 80.5 Å². The number of anilines is 1. The largest absolute Gasteiger partial charge is 0.269 e. The average molecular weight is 417 g/mol. The number of benzene rings is 3. The summed E-state index contributed by atoms with van der Waals surface area (Å²) >= 11 is 6.06. The molecule has 0 unspecified atom stereocenters. The van der Waals surface area contributed by atoms with Gasteiger partial charge in [0.05, 0.1) is 22.1 Å². The van der Waals surface area contributed by atoms with Gasteiger partial charge in [-0.3, -0.25) is 14.4 Å². The van der Waals surface area contributed by atoms with Gasteiger partial charge in [0.25, 0.3) is 15.7 Å². The number of hydrogen-bond acceptors (Lipinski definition) is 4. The van der Waals surface area contributed by atoms with E-state index < -0.39 is 14.9 Å². The highest BCUT2D eigenvalue weighted by atomic mass is 35.5. The summed E-state index contributed by atoms with van der Waals surface area (Å²) in [5.41, 5.74) is 1.70. The summed E-state index contributed by atoms with van der Waals surface area (Å²) in [6.07, 6.45) is 0. The van der Waals surface area contributed by atoms with Gasteiger partial charge >= 0.3 is 0 Å². The highest BCUT2D eigenvalue weighted by molar-refractivity contribution is 7.92. The molecule has 0 aromatic heterocycles. The Hall–Kier alpha value is -2.90. The Morgan fingerprint density at radius 1 is 1.00 bits per heavy atom. The molecule has 3 aromatic carbocycles. The number of aryl methyl sites for hydroxylation is 1. The molecule has 144 valence electrons. The molecule has 3 aromatic rings. The van der Waals surface area contributed by atoms with Gasteiger partial charge in [0.15, 0.2) is 0 Å². The molecule has 0 aliphatic rings. The van der Waals surface area contributed by atoms with Gasteiger partial charge in [-0.2, -0.15) is 0 Å². The monoisotopic (exact) mass is 416 g/mol. The molecule has 0 spiro atoms. The second kappa shape index (κ2) is 8.00. The van der Waals surface area contributed by atoms with Crippen LogP contribution < -0.4 is 4.31 Å². The van der Waals surface area contributed by atoms with Crippen LogP contribution in [0.25, 0.3) is 0 Å². The van der Waals surface area contributed by atoms with Crippen molar-refractivity contribution in [3.8, 4) is 0 Å². The van der Waals surface area contributed by atoms with Crippen LogP contribution >= 0.6 is 11.6 Å². The predicted octanol–water partition coefficient (Wildman–Crippen LogP) is 4.95. The van der Waals surface area contributed by atoms with Crippen LogP contribution in [-0.2, 0) is 16.6 Å². The van der Waals surface area contributed by atoms with Crippen molar-refractivity contribution in [1.82, 2.24) is 0 Å². The summed E-state index contributed by atoms with van der Waals surface area (Å²) < 4.78 is 27.9. The molecule has 0 fully saturated rings. The third kappa shape index (κ3) is 4.32. The van der Waals surface area contributed by atoms with E-state index in [1.807, 2.05) is 6.92 Å². The van der Waals surface area contributed by atoms with Crippen molar-refractivity contribution in [1.29, 1.82) is 0 Å². The lowest BCUT2D eigenvalue weighted by Crippen LogP contribution is -2.30. The molecule has 3 rings (SSSR count). The molecule has 0 amide bonds. The molecule has 0 radical (unpaired) electrons. The summed E-state index contributed by atoms with van der Waals surface area (Å²) in [5, 5.41) is 11.4. The lowest BCUT2D eigenvalue weighted by atomic mass is 10.2. The van der Waals surface area contributed by atoms with Gasteiger partial charge in [-0.25, -0.2) is 8.42 Å². The fourth-order valence-electron chi connectivity index (χ4n) is 2.72. The maximum absolute atomic E-state index is 13.3. The zero-order valence-electron chi connectivity index (χ0n) is 14.9. The van der Waals surface area contributed by atoms with Crippen molar-refractivity contribution in [2.75, 3.05) is 4.31 Å². The highest BCUT2D eigenvalue weighted by Crippen LogP contribution is 2.29. The zero-order chi connectivity index (χ0) is 20.3. The van der Waals surface area contributed by atoms with Gasteiger partial charge in [0.2, 0.25) is 0 Å². The number of hydrogen-bond donors (Lipinski definition) is 0. The number of sulfonamides is 1. The molecular weight excluding hydrogens is 400 g/mol. The van der Waals surface area contributed by atoms with Crippen molar-refractivity contribution in [3.63, 3.8) is 0 Å². The van der Waals surface area contributed by atoms with E-state index in [4.69, 9.17) is 11.6 Å². The van der Waals surface area contributed by atoms with Crippen LogP contribution in [0, 0.1) is 17.0 Å². The lowest BCUT2D eigenvalue weighted by molar-refractivity contribution is -0.384. The highest BCUT2D eigenvalue weighted by Gasteiger charge is 2.26.